The molecule has 0 saturated carbocycles. The second-order valence-electron chi connectivity index (χ2n) is 5.79. The minimum Gasteiger partial charge on any atom is -0.252 e. The lowest BCUT2D eigenvalue weighted by Gasteiger charge is -2.25. The Morgan fingerprint density at radius 1 is 1.00 bits per heavy atom. The SMILES string of the molecule is Cc1ccccc1C1CCCC2=C1[N]c1ccccc12. The van der Waals surface area contributed by atoms with E-state index in [-0.39, 0.29) is 0 Å². The van der Waals surface area contributed by atoms with Crippen molar-refractivity contribution in [1.29, 1.82) is 0 Å². The van der Waals surface area contributed by atoms with Crippen LogP contribution in [0.1, 0.15) is 41.9 Å². The molecular formula is C19H18N. The van der Waals surface area contributed by atoms with Gasteiger partial charge in [0.1, 0.15) is 0 Å². The van der Waals surface area contributed by atoms with Crippen molar-refractivity contribution in [2.75, 3.05) is 0 Å². The van der Waals surface area contributed by atoms with Crippen LogP contribution in [0.3, 0.4) is 0 Å². The van der Waals surface area contributed by atoms with Gasteiger partial charge in [0.15, 0.2) is 0 Å². The molecule has 0 aromatic heterocycles. The van der Waals surface area contributed by atoms with E-state index in [4.69, 9.17) is 5.32 Å². The van der Waals surface area contributed by atoms with Crippen molar-refractivity contribution in [2.24, 2.45) is 0 Å². The summed E-state index contributed by atoms with van der Waals surface area (Å²) in [5.74, 6) is 0.479. The number of benzene rings is 2. The normalized spacial score (nSPS) is 20.4. The van der Waals surface area contributed by atoms with E-state index in [0.29, 0.717) is 5.92 Å². The highest BCUT2D eigenvalue weighted by molar-refractivity contribution is 5.83. The Hall–Kier alpha value is -2.02. The summed E-state index contributed by atoms with van der Waals surface area (Å²) in [6.45, 7) is 2.21. The molecule has 0 saturated heterocycles. The average molecular weight is 260 g/mol. The predicted molar refractivity (Wildman–Crippen MR) is 82.9 cm³/mol. The number of fused-ring (bicyclic) bond motifs is 2. The molecule has 1 aliphatic carbocycles. The highest BCUT2D eigenvalue weighted by Crippen LogP contribution is 2.48. The maximum absolute atomic E-state index is 4.95. The fraction of sp³-hybridized carbons (Fsp3) is 0.263. The van der Waals surface area contributed by atoms with E-state index in [9.17, 15) is 0 Å². The molecule has 0 spiro atoms. The second kappa shape index (κ2) is 4.52. The number of para-hydroxylation sites is 1. The van der Waals surface area contributed by atoms with Crippen LogP contribution in [0.5, 0.6) is 0 Å². The molecule has 0 N–H and O–H groups in total. The first-order chi connectivity index (χ1) is 9.84. The molecule has 20 heavy (non-hydrogen) atoms. The Morgan fingerprint density at radius 3 is 2.70 bits per heavy atom. The minimum atomic E-state index is 0.479. The fourth-order valence-electron chi connectivity index (χ4n) is 3.61. The molecule has 1 nitrogen and oxygen atoms in total. The molecule has 1 unspecified atom stereocenters. The van der Waals surface area contributed by atoms with Crippen LogP contribution in [0.15, 0.2) is 54.2 Å². The van der Waals surface area contributed by atoms with Crippen molar-refractivity contribution in [3.05, 3.63) is 70.9 Å². The highest BCUT2D eigenvalue weighted by Gasteiger charge is 2.32. The molecule has 0 bridgehead atoms. The van der Waals surface area contributed by atoms with E-state index in [1.54, 1.807) is 0 Å². The molecule has 1 heterocycles. The Bertz CT molecular complexity index is 696. The molecule has 1 atom stereocenters. The molecule has 4 rings (SSSR count). The molecule has 1 heteroatoms. The first-order valence-corrected chi connectivity index (χ1v) is 7.44. The molecule has 1 aliphatic heterocycles. The second-order valence-corrected chi connectivity index (χ2v) is 5.79. The van der Waals surface area contributed by atoms with Crippen molar-refractivity contribution >= 4 is 11.3 Å². The average Bonchev–Trinajstić information content (AvgIpc) is 2.86. The van der Waals surface area contributed by atoms with Gasteiger partial charge in [-0.2, -0.15) is 0 Å². The summed E-state index contributed by atoms with van der Waals surface area (Å²) in [7, 11) is 0. The van der Waals surface area contributed by atoms with Gasteiger partial charge in [-0.15, -0.1) is 0 Å². The maximum Gasteiger partial charge on any atom is 0.0709 e. The number of hydrogen-bond acceptors (Lipinski definition) is 0. The Kier molecular flexibility index (Phi) is 2.66. The molecule has 2 aromatic carbocycles. The summed E-state index contributed by atoms with van der Waals surface area (Å²) < 4.78 is 0. The van der Waals surface area contributed by atoms with Crippen molar-refractivity contribution < 1.29 is 0 Å². The third-order valence-electron chi connectivity index (χ3n) is 4.59. The lowest BCUT2D eigenvalue weighted by Crippen LogP contribution is -2.13. The molecule has 2 aromatic rings. The minimum absolute atomic E-state index is 0.479. The van der Waals surface area contributed by atoms with E-state index in [1.165, 1.54) is 47.2 Å². The number of hydrogen-bond donors (Lipinski definition) is 0. The zero-order valence-electron chi connectivity index (χ0n) is 11.8. The van der Waals surface area contributed by atoms with Crippen LogP contribution in [0, 0.1) is 6.92 Å². The van der Waals surface area contributed by atoms with E-state index < -0.39 is 0 Å². The monoisotopic (exact) mass is 260 g/mol. The Morgan fingerprint density at radius 2 is 1.80 bits per heavy atom. The van der Waals surface area contributed by atoms with Crippen LogP contribution in [0.25, 0.3) is 5.57 Å². The van der Waals surface area contributed by atoms with E-state index in [1.807, 2.05) is 0 Å². The van der Waals surface area contributed by atoms with Gasteiger partial charge in [0.25, 0.3) is 0 Å². The summed E-state index contributed by atoms with van der Waals surface area (Å²) in [5, 5.41) is 4.95. The number of allylic oxidation sites excluding steroid dienone is 2. The Labute approximate surface area is 120 Å². The topological polar surface area (TPSA) is 14.1 Å². The molecule has 99 valence electrons. The van der Waals surface area contributed by atoms with Gasteiger partial charge in [-0.3, -0.25) is 5.32 Å². The number of rotatable bonds is 1. The van der Waals surface area contributed by atoms with Crippen LogP contribution in [-0.2, 0) is 0 Å². The fourth-order valence-corrected chi connectivity index (χ4v) is 3.61. The summed E-state index contributed by atoms with van der Waals surface area (Å²) in [5.41, 5.74) is 8.18. The lowest BCUT2D eigenvalue weighted by molar-refractivity contribution is 0.614. The van der Waals surface area contributed by atoms with Gasteiger partial charge in [0.2, 0.25) is 0 Å². The number of aryl methyl sites for hydroxylation is 1. The van der Waals surface area contributed by atoms with Gasteiger partial charge in [-0.25, -0.2) is 0 Å². The van der Waals surface area contributed by atoms with E-state index in [0.717, 1.165) is 5.69 Å². The quantitative estimate of drug-likeness (QED) is 0.690. The van der Waals surface area contributed by atoms with Crippen LogP contribution in [-0.4, -0.2) is 0 Å². The van der Waals surface area contributed by atoms with Crippen molar-refractivity contribution in [3.63, 3.8) is 0 Å². The molecule has 0 fully saturated rings. The van der Waals surface area contributed by atoms with Crippen molar-refractivity contribution in [1.82, 2.24) is 5.32 Å². The van der Waals surface area contributed by atoms with Crippen LogP contribution in [0.2, 0.25) is 0 Å². The summed E-state index contributed by atoms with van der Waals surface area (Å²) in [4.78, 5) is 0. The first kappa shape index (κ1) is 11.8. The smallest absolute Gasteiger partial charge is 0.0709 e. The van der Waals surface area contributed by atoms with E-state index in [2.05, 4.69) is 55.5 Å². The predicted octanol–water partition coefficient (Wildman–Crippen LogP) is 4.92. The molecule has 2 aliphatic rings. The van der Waals surface area contributed by atoms with Gasteiger partial charge in [-0.1, -0.05) is 42.5 Å². The first-order valence-electron chi connectivity index (χ1n) is 7.44. The summed E-state index contributed by atoms with van der Waals surface area (Å²) in [6, 6.07) is 17.3. The lowest BCUT2D eigenvalue weighted by atomic mass is 9.80. The third-order valence-corrected chi connectivity index (χ3v) is 4.59. The van der Waals surface area contributed by atoms with Gasteiger partial charge >= 0.3 is 0 Å². The molecular weight excluding hydrogens is 242 g/mol. The maximum atomic E-state index is 4.95. The van der Waals surface area contributed by atoms with E-state index >= 15 is 0 Å². The Balaban J connectivity index is 1.82. The van der Waals surface area contributed by atoms with Crippen LogP contribution >= 0.6 is 0 Å². The summed E-state index contributed by atoms with van der Waals surface area (Å²) in [6.07, 6.45) is 3.67. The molecule has 0 amide bonds. The van der Waals surface area contributed by atoms with Gasteiger partial charge in [0, 0.05) is 11.5 Å². The standard InChI is InChI=1S/C19H18N/c1-13-7-2-3-8-14(13)16-10-6-11-17-15-9-4-5-12-18(15)20-19(16)17/h2-5,7-9,12,16H,6,10-11H2,1H3. The van der Waals surface area contributed by atoms with Gasteiger partial charge in [0.05, 0.1) is 11.4 Å². The zero-order chi connectivity index (χ0) is 13.5. The number of nitrogens with zero attached hydrogens (tertiary/aromatic N) is 1. The van der Waals surface area contributed by atoms with Gasteiger partial charge in [-0.05, 0) is 49.0 Å². The molecule has 1 radical (unpaired) electrons. The zero-order valence-corrected chi connectivity index (χ0v) is 11.8. The largest absolute Gasteiger partial charge is 0.252 e. The van der Waals surface area contributed by atoms with Gasteiger partial charge < -0.3 is 0 Å². The third kappa shape index (κ3) is 1.70. The van der Waals surface area contributed by atoms with Crippen LogP contribution < -0.4 is 5.32 Å². The van der Waals surface area contributed by atoms with Crippen molar-refractivity contribution in [3.8, 4) is 0 Å². The summed E-state index contributed by atoms with van der Waals surface area (Å²) >= 11 is 0. The van der Waals surface area contributed by atoms with Crippen molar-refractivity contribution in [2.45, 2.75) is 32.1 Å². The van der Waals surface area contributed by atoms with Crippen LogP contribution in [0.4, 0.5) is 5.69 Å². The highest BCUT2D eigenvalue weighted by atomic mass is 14.9.